The molecule has 1 saturated heterocycles. The topological polar surface area (TPSA) is 85.8 Å². The Morgan fingerprint density at radius 1 is 1.24 bits per heavy atom. The van der Waals surface area contributed by atoms with Crippen LogP contribution in [0.3, 0.4) is 0 Å². The van der Waals surface area contributed by atoms with E-state index in [1.165, 1.54) is 0 Å². The van der Waals surface area contributed by atoms with Crippen molar-refractivity contribution in [1.29, 1.82) is 0 Å². The van der Waals surface area contributed by atoms with Crippen molar-refractivity contribution in [2.24, 2.45) is 4.99 Å². The molecule has 1 aliphatic heterocycles. The lowest BCUT2D eigenvalue weighted by Crippen LogP contribution is -2.53. The van der Waals surface area contributed by atoms with E-state index < -0.39 is 0 Å². The predicted octanol–water partition coefficient (Wildman–Crippen LogP) is 0.233. The minimum absolute atomic E-state index is 0.163. The van der Waals surface area contributed by atoms with Gasteiger partial charge in [0.1, 0.15) is 0 Å². The zero-order valence-corrected chi connectivity index (χ0v) is 14.8. The van der Waals surface area contributed by atoms with E-state index in [0.29, 0.717) is 12.5 Å². The number of guanidine groups is 1. The van der Waals surface area contributed by atoms with E-state index in [1.54, 1.807) is 19.4 Å². The van der Waals surface area contributed by atoms with Crippen LogP contribution in [0.2, 0.25) is 0 Å². The third-order valence-electron chi connectivity index (χ3n) is 4.43. The van der Waals surface area contributed by atoms with Crippen molar-refractivity contribution >= 4 is 17.8 Å². The Hall–Kier alpha value is -2.38. The Kier molecular flexibility index (Phi) is 6.03. The second-order valence-electron chi connectivity index (χ2n) is 6.44. The van der Waals surface area contributed by atoms with Crippen LogP contribution < -0.4 is 15.5 Å². The Labute approximate surface area is 148 Å². The number of carbonyl (C=O) groups is 1. The van der Waals surface area contributed by atoms with E-state index in [0.717, 1.165) is 63.9 Å². The van der Waals surface area contributed by atoms with E-state index in [4.69, 9.17) is 0 Å². The summed E-state index contributed by atoms with van der Waals surface area (Å²) in [5, 5.41) is 6.38. The average Bonchev–Trinajstić information content (AvgIpc) is 3.47. The lowest BCUT2D eigenvalue weighted by atomic mass is 10.3. The standard InChI is InChI=1S/C17H27N7O/c1-18-16(19-7-2-4-15(25)22-14-5-6-14)23-10-12-24(13-11-23)17-20-8-3-9-21-17/h3,8-9,14H,2,4-7,10-13H2,1H3,(H,18,19)(H,22,25). The number of hydrogen-bond acceptors (Lipinski definition) is 5. The number of piperazine rings is 1. The van der Waals surface area contributed by atoms with Crippen molar-refractivity contribution in [3.05, 3.63) is 18.5 Å². The van der Waals surface area contributed by atoms with Gasteiger partial charge in [0.05, 0.1) is 0 Å². The number of nitrogens with zero attached hydrogens (tertiary/aromatic N) is 5. The first kappa shape index (κ1) is 17.4. The van der Waals surface area contributed by atoms with Gasteiger partial charge in [0.15, 0.2) is 5.96 Å². The molecule has 1 amide bonds. The van der Waals surface area contributed by atoms with E-state index in [9.17, 15) is 4.79 Å². The van der Waals surface area contributed by atoms with Crippen molar-refractivity contribution < 1.29 is 4.79 Å². The lowest BCUT2D eigenvalue weighted by Gasteiger charge is -2.36. The summed E-state index contributed by atoms with van der Waals surface area (Å²) in [6.07, 6.45) is 7.20. The minimum atomic E-state index is 0.163. The molecular weight excluding hydrogens is 318 g/mol. The Morgan fingerprint density at radius 2 is 1.96 bits per heavy atom. The third-order valence-corrected chi connectivity index (χ3v) is 4.43. The Morgan fingerprint density at radius 3 is 2.60 bits per heavy atom. The van der Waals surface area contributed by atoms with Gasteiger partial charge in [-0.05, 0) is 25.3 Å². The van der Waals surface area contributed by atoms with Gasteiger partial charge in [-0.1, -0.05) is 0 Å². The van der Waals surface area contributed by atoms with Gasteiger partial charge in [0, 0.05) is 64.6 Å². The average molecular weight is 345 g/mol. The van der Waals surface area contributed by atoms with E-state index in [2.05, 4.69) is 35.4 Å². The number of aliphatic imine (C=N–C) groups is 1. The Bertz CT molecular complexity index is 580. The molecule has 2 heterocycles. The maximum atomic E-state index is 11.7. The van der Waals surface area contributed by atoms with Crippen LogP contribution in [-0.4, -0.2) is 72.5 Å². The molecule has 1 saturated carbocycles. The zero-order valence-electron chi connectivity index (χ0n) is 14.8. The maximum Gasteiger partial charge on any atom is 0.225 e. The summed E-state index contributed by atoms with van der Waals surface area (Å²) in [6, 6.07) is 2.27. The first-order valence-electron chi connectivity index (χ1n) is 9.03. The molecular formula is C17H27N7O. The normalized spacial score (nSPS) is 18.2. The fourth-order valence-electron chi connectivity index (χ4n) is 2.88. The number of hydrogen-bond donors (Lipinski definition) is 2. The molecule has 0 aromatic carbocycles. The van der Waals surface area contributed by atoms with E-state index in [1.807, 2.05) is 6.07 Å². The molecule has 0 bridgehead atoms. The van der Waals surface area contributed by atoms with Crippen LogP contribution in [0.5, 0.6) is 0 Å². The fraction of sp³-hybridized carbons (Fsp3) is 0.647. The van der Waals surface area contributed by atoms with E-state index in [-0.39, 0.29) is 5.91 Å². The van der Waals surface area contributed by atoms with Gasteiger partial charge in [-0.25, -0.2) is 9.97 Å². The highest BCUT2D eigenvalue weighted by Gasteiger charge is 2.23. The number of amides is 1. The molecule has 0 atom stereocenters. The summed E-state index contributed by atoms with van der Waals surface area (Å²) >= 11 is 0. The molecule has 2 fully saturated rings. The molecule has 1 aliphatic carbocycles. The van der Waals surface area contributed by atoms with Gasteiger partial charge in [-0.2, -0.15) is 0 Å². The molecule has 1 aromatic heterocycles. The first-order valence-corrected chi connectivity index (χ1v) is 9.03. The van der Waals surface area contributed by atoms with Crippen molar-refractivity contribution in [2.45, 2.75) is 31.7 Å². The summed E-state index contributed by atoms with van der Waals surface area (Å²) in [5.41, 5.74) is 0. The van der Waals surface area contributed by atoms with Crippen molar-refractivity contribution in [1.82, 2.24) is 25.5 Å². The molecule has 2 N–H and O–H groups in total. The third kappa shape index (κ3) is 5.30. The number of anilines is 1. The van der Waals surface area contributed by atoms with E-state index >= 15 is 0 Å². The monoisotopic (exact) mass is 345 g/mol. The Balaban J connectivity index is 1.36. The summed E-state index contributed by atoms with van der Waals surface area (Å²) in [6.45, 7) is 4.25. The molecule has 2 aliphatic rings. The summed E-state index contributed by atoms with van der Waals surface area (Å²) in [7, 11) is 1.80. The number of nitrogens with one attached hydrogen (secondary N) is 2. The van der Waals surface area contributed by atoms with Gasteiger partial charge < -0.3 is 20.4 Å². The molecule has 0 radical (unpaired) electrons. The summed E-state index contributed by atoms with van der Waals surface area (Å²) in [5.74, 6) is 1.85. The molecule has 8 heteroatoms. The quantitative estimate of drug-likeness (QED) is 0.436. The van der Waals surface area contributed by atoms with Crippen molar-refractivity contribution in [3.8, 4) is 0 Å². The second kappa shape index (κ2) is 8.64. The molecule has 0 spiro atoms. The van der Waals surface area contributed by atoms with Gasteiger partial charge in [-0.3, -0.25) is 9.79 Å². The number of rotatable bonds is 6. The SMILES string of the molecule is CN=C(NCCCC(=O)NC1CC1)N1CCN(c2ncccn2)CC1. The molecule has 0 unspecified atom stereocenters. The van der Waals surface area contributed by atoms with Crippen molar-refractivity contribution in [3.63, 3.8) is 0 Å². The first-order chi connectivity index (χ1) is 12.3. The van der Waals surface area contributed by atoms with Crippen LogP contribution in [-0.2, 0) is 4.79 Å². The highest BCUT2D eigenvalue weighted by molar-refractivity contribution is 5.80. The van der Waals surface area contributed by atoms with Gasteiger partial charge in [-0.15, -0.1) is 0 Å². The highest BCUT2D eigenvalue weighted by atomic mass is 16.1. The fourth-order valence-corrected chi connectivity index (χ4v) is 2.88. The predicted molar refractivity (Wildman–Crippen MR) is 97.6 cm³/mol. The van der Waals surface area contributed by atoms with Gasteiger partial charge >= 0.3 is 0 Å². The van der Waals surface area contributed by atoms with Crippen molar-refractivity contribution in [2.75, 3.05) is 44.7 Å². The number of carbonyl (C=O) groups excluding carboxylic acids is 1. The molecule has 8 nitrogen and oxygen atoms in total. The van der Waals surface area contributed by atoms with Gasteiger partial charge in [0.25, 0.3) is 0 Å². The van der Waals surface area contributed by atoms with Crippen LogP contribution in [0.4, 0.5) is 5.95 Å². The number of aromatic nitrogens is 2. The van der Waals surface area contributed by atoms with Crippen LogP contribution in [0, 0.1) is 0 Å². The van der Waals surface area contributed by atoms with Crippen LogP contribution in [0.25, 0.3) is 0 Å². The minimum Gasteiger partial charge on any atom is -0.356 e. The maximum absolute atomic E-state index is 11.7. The van der Waals surface area contributed by atoms with Crippen LogP contribution in [0.1, 0.15) is 25.7 Å². The molecule has 136 valence electrons. The second-order valence-corrected chi connectivity index (χ2v) is 6.44. The molecule has 3 rings (SSSR count). The molecule has 1 aromatic rings. The zero-order chi connectivity index (χ0) is 17.5. The van der Waals surface area contributed by atoms with Crippen LogP contribution in [0.15, 0.2) is 23.5 Å². The lowest BCUT2D eigenvalue weighted by molar-refractivity contribution is -0.121. The molecule has 25 heavy (non-hydrogen) atoms. The summed E-state index contributed by atoms with van der Waals surface area (Å²) < 4.78 is 0. The van der Waals surface area contributed by atoms with Crippen LogP contribution >= 0.6 is 0 Å². The summed E-state index contributed by atoms with van der Waals surface area (Å²) in [4.78, 5) is 29.1. The largest absolute Gasteiger partial charge is 0.356 e. The highest BCUT2D eigenvalue weighted by Crippen LogP contribution is 2.18. The smallest absolute Gasteiger partial charge is 0.225 e. The van der Waals surface area contributed by atoms with Gasteiger partial charge in [0.2, 0.25) is 11.9 Å².